The molecule has 2 nitrogen and oxygen atoms in total. The van der Waals surface area contributed by atoms with Gasteiger partial charge in [-0.25, -0.2) is 4.99 Å². The largest absolute Gasteiger partial charge is 0.383 e. The van der Waals surface area contributed by atoms with Gasteiger partial charge in [-0.05, 0) is 47.2 Å². The standard InChI is InChI=1S/C19H23ClN2/c1-12(2)16-6-5-7-17(13(3)4)18(16)22-19(21)14-8-10-15(20)11-9-14/h5-13H,1-4H3,(H2,21,22). The van der Waals surface area contributed by atoms with E-state index in [4.69, 9.17) is 22.3 Å². The number of benzene rings is 2. The number of hydrogen-bond donors (Lipinski definition) is 1. The number of hydrogen-bond acceptors (Lipinski definition) is 1. The normalized spacial score (nSPS) is 12.2. The summed E-state index contributed by atoms with van der Waals surface area (Å²) in [6.45, 7) is 8.71. The van der Waals surface area contributed by atoms with Crippen LogP contribution in [0.15, 0.2) is 47.5 Å². The van der Waals surface area contributed by atoms with Crippen molar-refractivity contribution in [1.82, 2.24) is 0 Å². The lowest BCUT2D eigenvalue weighted by Gasteiger charge is -2.17. The minimum atomic E-state index is 0.399. The van der Waals surface area contributed by atoms with Gasteiger partial charge in [-0.1, -0.05) is 57.5 Å². The lowest BCUT2D eigenvalue weighted by Crippen LogP contribution is -2.13. The van der Waals surface area contributed by atoms with Crippen LogP contribution in [-0.4, -0.2) is 5.84 Å². The van der Waals surface area contributed by atoms with Crippen LogP contribution in [0.1, 0.15) is 56.2 Å². The molecule has 0 fully saturated rings. The Labute approximate surface area is 138 Å². The highest BCUT2D eigenvalue weighted by atomic mass is 35.5. The van der Waals surface area contributed by atoms with Gasteiger partial charge in [0, 0.05) is 10.6 Å². The summed E-state index contributed by atoms with van der Waals surface area (Å²) in [6.07, 6.45) is 0. The molecule has 3 heteroatoms. The Kier molecular flexibility index (Phi) is 5.25. The highest BCUT2D eigenvalue weighted by Gasteiger charge is 2.14. The van der Waals surface area contributed by atoms with Crippen molar-refractivity contribution in [2.24, 2.45) is 10.7 Å². The predicted octanol–water partition coefficient (Wildman–Crippen LogP) is 5.62. The van der Waals surface area contributed by atoms with Crippen LogP contribution < -0.4 is 5.73 Å². The molecule has 0 spiro atoms. The summed E-state index contributed by atoms with van der Waals surface area (Å²) < 4.78 is 0. The smallest absolute Gasteiger partial charge is 0.131 e. The Morgan fingerprint density at radius 3 is 1.86 bits per heavy atom. The summed E-state index contributed by atoms with van der Waals surface area (Å²) in [5.74, 6) is 1.32. The molecule has 2 aromatic carbocycles. The van der Waals surface area contributed by atoms with Crippen LogP contribution in [0.5, 0.6) is 0 Å². The van der Waals surface area contributed by atoms with Crippen molar-refractivity contribution in [2.75, 3.05) is 0 Å². The first-order chi connectivity index (χ1) is 10.4. The number of aliphatic imine (C=N–C) groups is 1. The van der Waals surface area contributed by atoms with E-state index in [9.17, 15) is 0 Å². The predicted molar refractivity (Wildman–Crippen MR) is 96.5 cm³/mol. The maximum absolute atomic E-state index is 6.22. The summed E-state index contributed by atoms with van der Waals surface area (Å²) in [5, 5.41) is 0.696. The van der Waals surface area contributed by atoms with Gasteiger partial charge in [0.15, 0.2) is 0 Å². The highest BCUT2D eigenvalue weighted by Crippen LogP contribution is 2.34. The lowest BCUT2D eigenvalue weighted by atomic mass is 9.93. The van der Waals surface area contributed by atoms with Crippen molar-refractivity contribution < 1.29 is 0 Å². The van der Waals surface area contributed by atoms with Crippen molar-refractivity contribution in [3.05, 3.63) is 64.2 Å². The summed E-state index contributed by atoms with van der Waals surface area (Å²) in [4.78, 5) is 4.75. The molecular formula is C19H23ClN2. The van der Waals surface area contributed by atoms with Crippen molar-refractivity contribution >= 4 is 23.1 Å². The second-order valence-electron chi connectivity index (χ2n) is 6.10. The molecule has 2 aromatic rings. The zero-order chi connectivity index (χ0) is 16.3. The molecule has 0 atom stereocenters. The maximum atomic E-state index is 6.22. The molecule has 0 saturated carbocycles. The van der Waals surface area contributed by atoms with Crippen LogP contribution in [-0.2, 0) is 0 Å². The van der Waals surface area contributed by atoms with E-state index in [1.165, 1.54) is 11.1 Å². The molecule has 2 rings (SSSR count). The van der Waals surface area contributed by atoms with Gasteiger partial charge < -0.3 is 5.73 Å². The van der Waals surface area contributed by atoms with E-state index in [1.807, 2.05) is 24.3 Å². The second kappa shape index (κ2) is 6.97. The van der Waals surface area contributed by atoms with Crippen LogP contribution in [0.4, 0.5) is 5.69 Å². The second-order valence-corrected chi connectivity index (χ2v) is 6.53. The van der Waals surface area contributed by atoms with Crippen molar-refractivity contribution in [3.8, 4) is 0 Å². The molecule has 0 bridgehead atoms. The minimum absolute atomic E-state index is 0.399. The Morgan fingerprint density at radius 1 is 0.909 bits per heavy atom. The van der Waals surface area contributed by atoms with E-state index >= 15 is 0 Å². The van der Waals surface area contributed by atoms with Crippen molar-refractivity contribution in [3.63, 3.8) is 0 Å². The quantitative estimate of drug-likeness (QED) is 0.577. The first kappa shape index (κ1) is 16.6. The summed E-state index contributed by atoms with van der Waals surface area (Å²) in [5.41, 5.74) is 10.6. The third-order valence-corrected chi connectivity index (χ3v) is 3.97. The molecule has 0 aromatic heterocycles. The topological polar surface area (TPSA) is 38.4 Å². The molecule has 116 valence electrons. The van der Waals surface area contributed by atoms with Gasteiger partial charge >= 0.3 is 0 Å². The van der Waals surface area contributed by atoms with E-state index in [-0.39, 0.29) is 0 Å². The molecule has 0 unspecified atom stereocenters. The van der Waals surface area contributed by atoms with Gasteiger partial charge in [0.05, 0.1) is 5.69 Å². The molecule has 22 heavy (non-hydrogen) atoms. The van der Waals surface area contributed by atoms with Crippen LogP contribution in [0.25, 0.3) is 0 Å². The van der Waals surface area contributed by atoms with E-state index in [2.05, 4.69) is 45.9 Å². The molecule has 0 saturated heterocycles. The summed E-state index contributed by atoms with van der Waals surface area (Å²) in [6, 6.07) is 13.8. The van der Waals surface area contributed by atoms with Crippen LogP contribution in [0.2, 0.25) is 5.02 Å². The fourth-order valence-electron chi connectivity index (χ4n) is 2.45. The Bertz CT molecular complexity index is 644. The van der Waals surface area contributed by atoms with Gasteiger partial charge in [-0.3, -0.25) is 0 Å². The van der Waals surface area contributed by atoms with Crippen LogP contribution >= 0.6 is 11.6 Å². The molecule has 0 radical (unpaired) electrons. The Hall–Kier alpha value is -1.80. The molecule has 0 aliphatic carbocycles. The summed E-state index contributed by atoms with van der Waals surface area (Å²) >= 11 is 5.93. The first-order valence-corrected chi connectivity index (χ1v) is 8.00. The van der Waals surface area contributed by atoms with Crippen LogP contribution in [0.3, 0.4) is 0 Å². The van der Waals surface area contributed by atoms with Crippen molar-refractivity contribution in [2.45, 2.75) is 39.5 Å². The monoisotopic (exact) mass is 314 g/mol. The van der Waals surface area contributed by atoms with Gasteiger partial charge in [-0.15, -0.1) is 0 Å². The average molecular weight is 315 g/mol. The SMILES string of the molecule is CC(C)c1cccc(C(C)C)c1N=C(N)c1ccc(Cl)cc1. The first-order valence-electron chi connectivity index (χ1n) is 7.63. The number of nitrogens with two attached hydrogens (primary N) is 1. The summed E-state index contributed by atoms with van der Waals surface area (Å²) in [7, 11) is 0. The third-order valence-electron chi connectivity index (χ3n) is 3.71. The number of halogens is 1. The molecule has 0 aliphatic rings. The Morgan fingerprint density at radius 2 is 1.41 bits per heavy atom. The molecular weight excluding hydrogens is 292 g/mol. The highest BCUT2D eigenvalue weighted by molar-refractivity contribution is 6.30. The lowest BCUT2D eigenvalue weighted by molar-refractivity contribution is 0.834. The van der Waals surface area contributed by atoms with Gasteiger partial charge in [0.25, 0.3) is 0 Å². The maximum Gasteiger partial charge on any atom is 0.131 e. The van der Waals surface area contributed by atoms with Gasteiger partial charge in [-0.2, -0.15) is 0 Å². The van der Waals surface area contributed by atoms with E-state index < -0.39 is 0 Å². The molecule has 0 heterocycles. The molecule has 0 aliphatic heterocycles. The number of para-hydroxylation sites is 1. The van der Waals surface area contributed by atoms with Crippen molar-refractivity contribution in [1.29, 1.82) is 0 Å². The average Bonchev–Trinajstić information content (AvgIpc) is 2.47. The Balaban J connectivity index is 2.55. The number of rotatable bonds is 4. The van der Waals surface area contributed by atoms with Crippen LogP contribution in [0, 0.1) is 0 Å². The van der Waals surface area contributed by atoms with E-state index in [1.54, 1.807) is 0 Å². The number of nitrogens with zero attached hydrogens (tertiary/aromatic N) is 1. The zero-order valence-electron chi connectivity index (χ0n) is 13.6. The van der Waals surface area contributed by atoms with Gasteiger partial charge in [0.2, 0.25) is 0 Å². The fraction of sp³-hybridized carbons (Fsp3) is 0.316. The third kappa shape index (κ3) is 3.69. The molecule has 2 N–H and O–H groups in total. The van der Waals surface area contributed by atoms with E-state index in [0.29, 0.717) is 22.7 Å². The number of amidine groups is 1. The van der Waals surface area contributed by atoms with Gasteiger partial charge in [0.1, 0.15) is 5.84 Å². The zero-order valence-corrected chi connectivity index (χ0v) is 14.4. The molecule has 0 amide bonds. The van der Waals surface area contributed by atoms with E-state index in [0.717, 1.165) is 11.3 Å². The fourth-order valence-corrected chi connectivity index (χ4v) is 2.57. The minimum Gasteiger partial charge on any atom is -0.383 e.